The van der Waals surface area contributed by atoms with Crippen LogP contribution in [0.2, 0.25) is 0 Å². The van der Waals surface area contributed by atoms with E-state index in [0.29, 0.717) is 12.0 Å². The zero-order valence-electron chi connectivity index (χ0n) is 14.2. The molecule has 0 radical (unpaired) electrons. The van der Waals surface area contributed by atoms with E-state index < -0.39 is 0 Å². The zero-order chi connectivity index (χ0) is 18.1. The summed E-state index contributed by atoms with van der Waals surface area (Å²) in [6.07, 6.45) is 2.22. The Bertz CT molecular complexity index is 853. The van der Waals surface area contributed by atoms with Crippen molar-refractivity contribution in [2.45, 2.75) is 30.2 Å². The van der Waals surface area contributed by atoms with E-state index in [1.807, 2.05) is 12.1 Å². The number of carbonyl (C=O) groups excluding carboxylic acids is 2. The van der Waals surface area contributed by atoms with Crippen LogP contribution in [0.25, 0.3) is 0 Å². The normalized spacial score (nSPS) is 19.3. The van der Waals surface area contributed by atoms with Crippen LogP contribution in [0.3, 0.4) is 0 Å². The molecule has 134 valence electrons. The van der Waals surface area contributed by atoms with Gasteiger partial charge >= 0.3 is 0 Å². The van der Waals surface area contributed by atoms with Crippen LogP contribution in [-0.2, 0) is 4.79 Å². The molecule has 0 unspecified atom stereocenters. The van der Waals surface area contributed by atoms with Crippen molar-refractivity contribution in [1.82, 2.24) is 5.32 Å². The number of halogens is 1. The van der Waals surface area contributed by atoms with Gasteiger partial charge in [0.15, 0.2) is 0 Å². The summed E-state index contributed by atoms with van der Waals surface area (Å²) < 4.78 is 13.6. The van der Waals surface area contributed by atoms with Gasteiger partial charge in [0.1, 0.15) is 5.82 Å². The molecule has 2 amide bonds. The van der Waals surface area contributed by atoms with E-state index in [1.54, 1.807) is 34.9 Å². The number of benzene rings is 2. The maximum Gasteiger partial charge on any atom is 0.251 e. The van der Waals surface area contributed by atoms with Gasteiger partial charge in [-0.3, -0.25) is 9.59 Å². The lowest BCUT2D eigenvalue weighted by molar-refractivity contribution is -0.117. The molecule has 2 aromatic rings. The van der Waals surface area contributed by atoms with Gasteiger partial charge in [0, 0.05) is 34.9 Å². The molecule has 1 N–H and O–H groups in total. The summed E-state index contributed by atoms with van der Waals surface area (Å²) in [5.74, 6) is 0.543. The Morgan fingerprint density at radius 1 is 1.19 bits per heavy atom. The molecule has 4 rings (SSSR count). The van der Waals surface area contributed by atoms with Crippen LogP contribution in [0.15, 0.2) is 47.4 Å². The number of thioether (sulfide) groups is 1. The van der Waals surface area contributed by atoms with Crippen molar-refractivity contribution in [3.05, 3.63) is 59.4 Å². The molecule has 4 nitrogen and oxygen atoms in total. The Balaban J connectivity index is 1.49. The minimum Gasteiger partial charge on any atom is -0.345 e. The predicted molar refractivity (Wildman–Crippen MR) is 100.0 cm³/mol. The van der Waals surface area contributed by atoms with Crippen molar-refractivity contribution in [3.63, 3.8) is 0 Å². The molecule has 0 spiro atoms. The second-order valence-corrected chi connectivity index (χ2v) is 7.68. The lowest BCUT2D eigenvalue weighted by Gasteiger charge is -2.26. The number of amides is 2. The molecule has 1 saturated heterocycles. The average Bonchev–Trinajstić information content (AvgIpc) is 3.08. The van der Waals surface area contributed by atoms with Crippen LogP contribution < -0.4 is 10.2 Å². The molecule has 0 saturated carbocycles. The van der Waals surface area contributed by atoms with Gasteiger partial charge in [-0.15, -0.1) is 11.8 Å². The minimum atomic E-state index is -0.287. The fraction of sp³-hybridized carbons (Fsp3) is 0.300. The monoisotopic (exact) mass is 370 g/mol. The van der Waals surface area contributed by atoms with Gasteiger partial charge < -0.3 is 10.2 Å². The Labute approximate surface area is 155 Å². The summed E-state index contributed by atoms with van der Waals surface area (Å²) in [5, 5.41) is 3.02. The van der Waals surface area contributed by atoms with Crippen molar-refractivity contribution in [1.29, 1.82) is 0 Å². The number of anilines is 1. The Morgan fingerprint density at radius 2 is 2.00 bits per heavy atom. The third kappa shape index (κ3) is 3.33. The minimum absolute atomic E-state index is 0.126. The van der Waals surface area contributed by atoms with E-state index in [2.05, 4.69) is 5.32 Å². The summed E-state index contributed by atoms with van der Waals surface area (Å²) in [4.78, 5) is 27.2. The Kier molecular flexibility index (Phi) is 4.68. The second-order valence-electron chi connectivity index (χ2n) is 6.54. The molecule has 0 aliphatic carbocycles. The van der Waals surface area contributed by atoms with E-state index in [9.17, 15) is 14.0 Å². The van der Waals surface area contributed by atoms with Crippen molar-refractivity contribution < 1.29 is 14.0 Å². The summed E-state index contributed by atoms with van der Waals surface area (Å²) >= 11 is 1.68. The van der Waals surface area contributed by atoms with Crippen molar-refractivity contribution >= 4 is 29.3 Å². The van der Waals surface area contributed by atoms with Crippen molar-refractivity contribution in [2.24, 2.45) is 0 Å². The number of hydrogen-bond acceptors (Lipinski definition) is 3. The van der Waals surface area contributed by atoms with E-state index in [1.165, 1.54) is 12.1 Å². The SMILES string of the molecule is O=C(N[C@@H]1CCSc2ccc(F)cc21)c1ccc(N2CCCC2=O)cc1. The van der Waals surface area contributed by atoms with Gasteiger partial charge in [0.2, 0.25) is 5.91 Å². The van der Waals surface area contributed by atoms with E-state index in [4.69, 9.17) is 0 Å². The smallest absolute Gasteiger partial charge is 0.251 e. The summed E-state index contributed by atoms with van der Waals surface area (Å²) in [6.45, 7) is 0.729. The standard InChI is InChI=1S/C20H19FN2O2S/c21-14-5-8-18-16(12-14)17(9-11-26-18)22-20(25)13-3-6-15(7-4-13)23-10-1-2-19(23)24/h3-8,12,17H,1-2,9-11H2,(H,22,25)/t17-/m1/s1. The van der Waals surface area contributed by atoms with Crippen LogP contribution in [0.4, 0.5) is 10.1 Å². The number of nitrogens with zero attached hydrogens (tertiary/aromatic N) is 1. The lowest BCUT2D eigenvalue weighted by Crippen LogP contribution is -2.30. The average molecular weight is 370 g/mol. The highest BCUT2D eigenvalue weighted by molar-refractivity contribution is 7.99. The summed E-state index contributed by atoms with van der Waals surface area (Å²) in [6, 6.07) is 11.6. The molecule has 2 aliphatic rings. The highest BCUT2D eigenvalue weighted by atomic mass is 32.2. The van der Waals surface area contributed by atoms with Gasteiger partial charge in [-0.1, -0.05) is 0 Å². The molecule has 2 heterocycles. The third-order valence-corrected chi connectivity index (χ3v) is 5.95. The number of nitrogens with one attached hydrogen (secondary N) is 1. The Hall–Kier alpha value is -2.34. The number of hydrogen-bond donors (Lipinski definition) is 1. The van der Waals surface area contributed by atoms with Gasteiger partial charge in [-0.2, -0.15) is 0 Å². The first-order chi connectivity index (χ1) is 12.6. The van der Waals surface area contributed by atoms with E-state index in [-0.39, 0.29) is 23.7 Å². The quantitative estimate of drug-likeness (QED) is 0.891. The maximum atomic E-state index is 13.6. The topological polar surface area (TPSA) is 49.4 Å². The molecular formula is C20H19FN2O2S. The first-order valence-electron chi connectivity index (χ1n) is 8.75. The van der Waals surface area contributed by atoms with Gasteiger partial charge in [-0.25, -0.2) is 4.39 Å². The Morgan fingerprint density at radius 3 is 2.73 bits per heavy atom. The van der Waals surface area contributed by atoms with Crippen molar-refractivity contribution in [2.75, 3.05) is 17.2 Å². The fourth-order valence-corrected chi connectivity index (χ4v) is 4.58. The molecule has 6 heteroatoms. The van der Waals surface area contributed by atoms with Gasteiger partial charge in [-0.05, 0) is 60.9 Å². The number of fused-ring (bicyclic) bond motifs is 1. The summed E-state index contributed by atoms with van der Waals surface area (Å²) in [5.41, 5.74) is 2.20. The van der Waals surface area contributed by atoms with Crippen LogP contribution >= 0.6 is 11.8 Å². The maximum absolute atomic E-state index is 13.6. The first kappa shape index (κ1) is 17.1. The number of carbonyl (C=O) groups is 2. The first-order valence-corrected chi connectivity index (χ1v) is 9.74. The molecule has 1 atom stereocenters. The van der Waals surface area contributed by atoms with E-state index >= 15 is 0 Å². The van der Waals surface area contributed by atoms with Gasteiger partial charge in [0.25, 0.3) is 5.91 Å². The molecule has 26 heavy (non-hydrogen) atoms. The van der Waals surface area contributed by atoms with Crippen LogP contribution in [0, 0.1) is 5.82 Å². The predicted octanol–water partition coefficient (Wildman–Crippen LogP) is 3.92. The third-order valence-electron chi connectivity index (χ3n) is 4.83. The van der Waals surface area contributed by atoms with Crippen molar-refractivity contribution in [3.8, 4) is 0 Å². The van der Waals surface area contributed by atoms with Crippen LogP contribution in [0.1, 0.15) is 41.2 Å². The van der Waals surface area contributed by atoms with E-state index in [0.717, 1.165) is 41.3 Å². The molecular weight excluding hydrogens is 351 g/mol. The molecule has 2 aliphatic heterocycles. The highest BCUT2D eigenvalue weighted by Crippen LogP contribution is 2.36. The molecule has 0 aromatic heterocycles. The second kappa shape index (κ2) is 7.11. The molecule has 2 aromatic carbocycles. The summed E-state index contributed by atoms with van der Waals surface area (Å²) in [7, 11) is 0. The zero-order valence-corrected chi connectivity index (χ0v) is 15.0. The van der Waals surface area contributed by atoms with Gasteiger partial charge in [0.05, 0.1) is 6.04 Å². The molecule has 1 fully saturated rings. The lowest BCUT2D eigenvalue weighted by atomic mass is 10.0. The number of rotatable bonds is 3. The fourth-order valence-electron chi connectivity index (χ4n) is 3.47. The largest absolute Gasteiger partial charge is 0.345 e. The van der Waals surface area contributed by atoms with Crippen LogP contribution in [0.5, 0.6) is 0 Å². The molecule has 0 bridgehead atoms. The highest BCUT2D eigenvalue weighted by Gasteiger charge is 2.24. The van der Waals surface area contributed by atoms with Crippen LogP contribution in [-0.4, -0.2) is 24.1 Å².